The molecule has 2 N–H and O–H groups in total. The van der Waals surface area contributed by atoms with Gasteiger partial charge >= 0.3 is 6.09 Å². The van der Waals surface area contributed by atoms with Gasteiger partial charge in [0.05, 0.1) is 42.8 Å². The van der Waals surface area contributed by atoms with Gasteiger partial charge in [0, 0.05) is 36.3 Å². The number of nitrogens with one attached hydrogen (secondary N) is 2. The number of halogens is 3. The third-order valence-corrected chi connectivity index (χ3v) is 14.4. The summed E-state index contributed by atoms with van der Waals surface area (Å²) in [5, 5.41) is 5.62. The Morgan fingerprint density at radius 1 is 0.931 bits per heavy atom. The van der Waals surface area contributed by atoms with Gasteiger partial charge in [0.2, 0.25) is 15.7 Å². The molecule has 4 fully saturated rings. The zero-order chi connectivity index (χ0) is 41.2. The summed E-state index contributed by atoms with van der Waals surface area (Å²) < 4.78 is 84.4. The van der Waals surface area contributed by atoms with E-state index in [0.717, 1.165) is 75.9 Å². The van der Waals surface area contributed by atoms with E-state index in [4.69, 9.17) is 9.47 Å². The zero-order valence-corrected chi connectivity index (χ0v) is 33.8. The van der Waals surface area contributed by atoms with Gasteiger partial charge < -0.3 is 29.9 Å². The van der Waals surface area contributed by atoms with Gasteiger partial charge in [-0.2, -0.15) is 0 Å². The van der Waals surface area contributed by atoms with Crippen LogP contribution in [0.15, 0.2) is 83.1 Å². The van der Waals surface area contributed by atoms with Crippen LogP contribution in [0.4, 0.5) is 29.3 Å². The molecule has 58 heavy (non-hydrogen) atoms. The van der Waals surface area contributed by atoms with Crippen molar-refractivity contribution in [2.75, 3.05) is 76.8 Å². The van der Waals surface area contributed by atoms with E-state index in [-0.39, 0.29) is 70.2 Å². The van der Waals surface area contributed by atoms with Crippen molar-refractivity contribution in [1.29, 1.82) is 0 Å². The van der Waals surface area contributed by atoms with Gasteiger partial charge in [0.1, 0.15) is 17.4 Å². The van der Waals surface area contributed by atoms with E-state index in [0.29, 0.717) is 13.1 Å². The maximum absolute atomic E-state index is 16.3. The van der Waals surface area contributed by atoms with Gasteiger partial charge in [-0.25, -0.2) is 26.4 Å². The number of amides is 2. The van der Waals surface area contributed by atoms with Gasteiger partial charge in [0.25, 0.3) is 0 Å². The third-order valence-electron chi connectivity index (χ3n) is 12.7. The standard InChI is InChI=1S/C43H52F3N5O6S/c1-4-40(52)47-32-21-33(56-2)23-35(22-32)58(54,55)34-12-13-39(37(45)24-34)51-26-42(46,27-51)25-50-18-14-29(15-19-50)43(28-49-16-7-17-49,30-8-5-9-31(44)20-30)36-10-6-11-38(36)48-41(53)57-3/h4-5,8-9,12-13,20-24,29,36,38H,1,6-7,10-11,14-19,25-28H2,2-3H3,(H,47,52)(H,48,53)/t36-,38-,43-/m0/s1. The summed E-state index contributed by atoms with van der Waals surface area (Å²) in [4.78, 5) is 30.0. The molecule has 0 spiro atoms. The molecule has 4 aliphatic rings. The smallest absolute Gasteiger partial charge is 0.407 e. The number of piperidine rings is 1. The minimum absolute atomic E-state index is 0.0522. The van der Waals surface area contributed by atoms with E-state index >= 15 is 13.2 Å². The average Bonchev–Trinajstić information content (AvgIpc) is 3.65. The molecule has 2 amide bonds. The minimum atomic E-state index is -4.23. The highest BCUT2D eigenvalue weighted by Crippen LogP contribution is 2.52. The topological polar surface area (TPSA) is 121 Å². The van der Waals surface area contributed by atoms with Crippen molar-refractivity contribution in [3.05, 3.63) is 90.5 Å². The van der Waals surface area contributed by atoms with Crippen LogP contribution in [0.3, 0.4) is 0 Å². The van der Waals surface area contributed by atoms with Gasteiger partial charge in [-0.1, -0.05) is 25.1 Å². The van der Waals surface area contributed by atoms with Crippen LogP contribution in [0, 0.1) is 23.5 Å². The van der Waals surface area contributed by atoms with E-state index in [1.807, 2.05) is 6.07 Å². The SMILES string of the molecule is C=CC(=O)Nc1cc(OC)cc(S(=O)(=O)c2ccc(N3CC(F)(CN4CCC([C@@](CN5CCC5)(c5cccc(F)c5)[C@H]5CCC[C@@H]5NC(=O)OC)CC4)C3)c(F)c2)c1. The van der Waals surface area contributed by atoms with E-state index in [1.165, 1.54) is 50.6 Å². The maximum Gasteiger partial charge on any atom is 0.407 e. The second kappa shape index (κ2) is 16.9. The number of likely N-dealkylation sites (tertiary alicyclic amines) is 2. The lowest BCUT2D eigenvalue weighted by molar-refractivity contribution is -0.111. The van der Waals surface area contributed by atoms with Crippen LogP contribution >= 0.6 is 0 Å². The lowest BCUT2D eigenvalue weighted by Gasteiger charge is -2.54. The summed E-state index contributed by atoms with van der Waals surface area (Å²) >= 11 is 0. The number of alkyl halides is 1. The molecule has 0 radical (unpaired) electrons. The molecule has 3 atom stereocenters. The number of hydrogen-bond acceptors (Lipinski definition) is 9. The van der Waals surface area contributed by atoms with Crippen LogP contribution < -0.4 is 20.3 Å². The molecule has 0 bridgehead atoms. The fourth-order valence-electron chi connectivity index (χ4n) is 9.81. The molecule has 3 saturated heterocycles. The Morgan fingerprint density at radius 3 is 2.33 bits per heavy atom. The predicted octanol–water partition coefficient (Wildman–Crippen LogP) is 6.34. The fraction of sp³-hybridized carbons (Fsp3) is 0.488. The highest BCUT2D eigenvalue weighted by Gasteiger charge is 2.54. The van der Waals surface area contributed by atoms with Crippen LogP contribution in [0.2, 0.25) is 0 Å². The highest BCUT2D eigenvalue weighted by molar-refractivity contribution is 7.91. The van der Waals surface area contributed by atoms with E-state index in [9.17, 15) is 18.0 Å². The number of methoxy groups -OCH3 is 2. The Kier molecular flexibility index (Phi) is 12.1. The van der Waals surface area contributed by atoms with Crippen molar-refractivity contribution in [3.8, 4) is 5.75 Å². The number of carbonyl (C=O) groups is 2. The number of carbonyl (C=O) groups excluding carboxylic acids is 2. The average molecular weight is 824 g/mol. The highest BCUT2D eigenvalue weighted by atomic mass is 32.2. The Labute approximate surface area is 338 Å². The van der Waals surface area contributed by atoms with Crippen molar-refractivity contribution in [2.24, 2.45) is 11.8 Å². The van der Waals surface area contributed by atoms with Gasteiger partial charge in [0.15, 0.2) is 5.67 Å². The monoisotopic (exact) mass is 823 g/mol. The lowest BCUT2D eigenvalue weighted by Crippen LogP contribution is -2.65. The van der Waals surface area contributed by atoms with Crippen LogP contribution in [-0.2, 0) is 24.8 Å². The first-order valence-corrected chi connectivity index (χ1v) is 21.4. The number of ether oxygens (including phenoxy) is 2. The summed E-state index contributed by atoms with van der Waals surface area (Å²) in [5.74, 6) is -1.24. The molecule has 3 heterocycles. The summed E-state index contributed by atoms with van der Waals surface area (Å²) in [6.07, 6.45) is 5.87. The lowest BCUT2D eigenvalue weighted by atomic mass is 9.57. The van der Waals surface area contributed by atoms with Gasteiger partial charge in [-0.05, 0) is 124 Å². The van der Waals surface area contributed by atoms with Gasteiger partial charge in [-0.15, -0.1) is 0 Å². The molecule has 0 unspecified atom stereocenters. The first-order chi connectivity index (χ1) is 27.8. The summed E-state index contributed by atoms with van der Waals surface area (Å²) in [6.45, 7) is 7.44. The molecule has 3 aliphatic heterocycles. The van der Waals surface area contributed by atoms with Crippen LogP contribution in [0.5, 0.6) is 5.75 Å². The maximum atomic E-state index is 16.3. The molecular weight excluding hydrogens is 772 g/mol. The normalized spacial score (nSPS) is 22.3. The number of nitrogens with zero attached hydrogens (tertiary/aromatic N) is 3. The molecule has 3 aromatic carbocycles. The number of sulfone groups is 1. The van der Waals surface area contributed by atoms with E-state index < -0.39 is 38.7 Å². The number of alkyl carbamates (subject to hydrolysis) is 1. The second-order valence-electron chi connectivity index (χ2n) is 16.2. The number of benzene rings is 3. The van der Waals surface area contributed by atoms with Crippen LogP contribution in [-0.4, -0.2) is 109 Å². The molecule has 1 aliphatic carbocycles. The predicted molar refractivity (Wildman–Crippen MR) is 215 cm³/mol. The summed E-state index contributed by atoms with van der Waals surface area (Å²) in [7, 11) is -1.51. The van der Waals surface area contributed by atoms with Crippen molar-refractivity contribution >= 4 is 33.2 Å². The van der Waals surface area contributed by atoms with Gasteiger partial charge in [-0.3, -0.25) is 9.69 Å². The van der Waals surface area contributed by atoms with Crippen molar-refractivity contribution in [1.82, 2.24) is 15.1 Å². The summed E-state index contributed by atoms with van der Waals surface area (Å²) in [5.41, 5.74) is -0.825. The Morgan fingerprint density at radius 2 is 1.69 bits per heavy atom. The number of anilines is 2. The van der Waals surface area contributed by atoms with Crippen molar-refractivity contribution in [2.45, 2.75) is 65.4 Å². The number of rotatable bonds is 14. The molecule has 11 nitrogen and oxygen atoms in total. The first kappa shape index (κ1) is 41.6. The largest absolute Gasteiger partial charge is 0.497 e. The minimum Gasteiger partial charge on any atom is -0.497 e. The molecule has 1 saturated carbocycles. The third kappa shape index (κ3) is 8.44. The quantitative estimate of drug-likeness (QED) is 0.180. The summed E-state index contributed by atoms with van der Waals surface area (Å²) in [6, 6.07) is 14.4. The Bertz CT molecular complexity index is 2120. The second-order valence-corrected chi connectivity index (χ2v) is 18.2. The van der Waals surface area contributed by atoms with Crippen LogP contribution in [0.1, 0.15) is 44.1 Å². The molecule has 15 heteroatoms. The Balaban J connectivity index is 1.03. The number of hydrogen-bond donors (Lipinski definition) is 2. The van der Waals surface area contributed by atoms with E-state index in [1.54, 1.807) is 17.0 Å². The molecule has 0 aromatic heterocycles. The molecule has 312 valence electrons. The zero-order valence-electron chi connectivity index (χ0n) is 33.0. The molecule has 7 rings (SSSR count). The first-order valence-electron chi connectivity index (χ1n) is 19.9. The Hall–Kier alpha value is -4.60. The molecular formula is C43H52F3N5O6S. The van der Waals surface area contributed by atoms with E-state index in [2.05, 4.69) is 27.0 Å². The fourth-order valence-corrected chi connectivity index (χ4v) is 11.1. The molecule has 3 aromatic rings. The van der Waals surface area contributed by atoms with Crippen LogP contribution in [0.25, 0.3) is 0 Å². The van der Waals surface area contributed by atoms with Crippen molar-refractivity contribution < 1.29 is 40.7 Å². The van der Waals surface area contributed by atoms with Crippen molar-refractivity contribution in [3.63, 3.8) is 0 Å².